The van der Waals surface area contributed by atoms with E-state index in [1.54, 1.807) is 73.8 Å². The van der Waals surface area contributed by atoms with Crippen molar-refractivity contribution in [1.82, 2.24) is 15.2 Å². The van der Waals surface area contributed by atoms with E-state index in [4.69, 9.17) is 4.74 Å². The first-order chi connectivity index (χ1) is 18.3. The molecule has 2 aromatic carbocycles. The molecule has 0 aliphatic carbocycles. The van der Waals surface area contributed by atoms with E-state index >= 15 is 0 Å². The van der Waals surface area contributed by atoms with Crippen LogP contribution in [0.3, 0.4) is 0 Å². The molecule has 2 aromatic heterocycles. The summed E-state index contributed by atoms with van der Waals surface area (Å²) in [5.41, 5.74) is 2.79. The number of hydrogen-bond acceptors (Lipinski definition) is 7. The molecule has 1 aliphatic rings. The van der Waals surface area contributed by atoms with Gasteiger partial charge in [-0.25, -0.2) is 4.98 Å². The van der Waals surface area contributed by atoms with Gasteiger partial charge in [-0.05, 0) is 54.3 Å². The van der Waals surface area contributed by atoms with Crippen molar-refractivity contribution in [2.45, 2.75) is 32.7 Å². The van der Waals surface area contributed by atoms with E-state index in [9.17, 15) is 14.7 Å². The summed E-state index contributed by atoms with van der Waals surface area (Å²) in [4.78, 5) is 32.1. The zero-order valence-corrected chi connectivity index (χ0v) is 21.2. The third-order valence-corrected chi connectivity index (χ3v) is 6.38. The molecule has 38 heavy (non-hydrogen) atoms. The summed E-state index contributed by atoms with van der Waals surface area (Å²) in [5.74, 6) is -0.344. The van der Waals surface area contributed by atoms with Gasteiger partial charge in [-0.15, -0.1) is 5.10 Å². The molecular formula is C30H26N4O4. The second-order valence-electron chi connectivity index (χ2n) is 9.32. The largest absolute Gasteiger partial charge is 0.507 e. The third kappa shape index (κ3) is 4.76. The third-order valence-electron chi connectivity index (χ3n) is 6.38. The molecule has 0 bridgehead atoms. The number of ketones is 1. The molecule has 1 aliphatic heterocycles. The molecule has 5 rings (SSSR count). The van der Waals surface area contributed by atoms with Crippen molar-refractivity contribution in [3.05, 3.63) is 113 Å². The van der Waals surface area contributed by atoms with Gasteiger partial charge in [0.2, 0.25) is 5.88 Å². The fourth-order valence-electron chi connectivity index (χ4n) is 4.33. The Balaban J connectivity index is 1.60. The molecule has 0 saturated carbocycles. The van der Waals surface area contributed by atoms with Gasteiger partial charge in [0.05, 0.1) is 17.3 Å². The summed E-state index contributed by atoms with van der Waals surface area (Å²) in [6, 6.07) is 22.1. The van der Waals surface area contributed by atoms with Crippen LogP contribution >= 0.6 is 0 Å². The van der Waals surface area contributed by atoms with Gasteiger partial charge in [0, 0.05) is 17.8 Å². The molecule has 1 N–H and O–H groups in total. The summed E-state index contributed by atoms with van der Waals surface area (Å²) >= 11 is 0. The monoisotopic (exact) mass is 506 g/mol. The maximum absolute atomic E-state index is 13.3. The van der Waals surface area contributed by atoms with E-state index in [0.29, 0.717) is 34.4 Å². The SMILES string of the molecule is Cc1ccc(N2C(=O)C(=O)C(=C(O)c3ccc(C(C)C)cc3)C2c2ccc(Oc3ccccn3)cc2)nn1. The average Bonchev–Trinajstić information content (AvgIpc) is 3.20. The van der Waals surface area contributed by atoms with Gasteiger partial charge in [0.25, 0.3) is 5.78 Å². The molecule has 1 atom stereocenters. The number of amides is 1. The number of carbonyl (C=O) groups excluding carboxylic acids is 2. The predicted molar refractivity (Wildman–Crippen MR) is 143 cm³/mol. The first-order valence-corrected chi connectivity index (χ1v) is 12.2. The number of hydrogen-bond donors (Lipinski definition) is 1. The van der Waals surface area contributed by atoms with Gasteiger partial charge in [-0.1, -0.05) is 56.3 Å². The number of aromatic nitrogens is 3. The Morgan fingerprint density at radius 1 is 0.921 bits per heavy atom. The highest BCUT2D eigenvalue weighted by Crippen LogP contribution is 2.42. The molecular weight excluding hydrogens is 480 g/mol. The van der Waals surface area contributed by atoms with Crippen molar-refractivity contribution in [3.63, 3.8) is 0 Å². The minimum Gasteiger partial charge on any atom is -0.507 e. The van der Waals surface area contributed by atoms with Crippen molar-refractivity contribution >= 4 is 23.3 Å². The van der Waals surface area contributed by atoms with Crippen molar-refractivity contribution in [2.75, 3.05) is 4.90 Å². The van der Waals surface area contributed by atoms with Gasteiger partial charge < -0.3 is 9.84 Å². The maximum Gasteiger partial charge on any atom is 0.301 e. The van der Waals surface area contributed by atoms with Crippen LogP contribution in [0.15, 0.2) is 90.6 Å². The Morgan fingerprint density at radius 2 is 1.66 bits per heavy atom. The number of ether oxygens (including phenoxy) is 1. The predicted octanol–water partition coefficient (Wildman–Crippen LogP) is 5.72. The summed E-state index contributed by atoms with van der Waals surface area (Å²) < 4.78 is 5.79. The molecule has 8 heteroatoms. The molecule has 3 heterocycles. The van der Waals surface area contributed by atoms with E-state index in [-0.39, 0.29) is 17.2 Å². The highest BCUT2D eigenvalue weighted by atomic mass is 16.5. The summed E-state index contributed by atoms with van der Waals surface area (Å²) in [7, 11) is 0. The molecule has 8 nitrogen and oxygen atoms in total. The number of carbonyl (C=O) groups is 2. The number of pyridine rings is 1. The molecule has 1 saturated heterocycles. The summed E-state index contributed by atoms with van der Waals surface area (Å²) in [5, 5.41) is 19.6. The van der Waals surface area contributed by atoms with Crippen LogP contribution in [-0.4, -0.2) is 32.0 Å². The van der Waals surface area contributed by atoms with Gasteiger partial charge in [-0.3, -0.25) is 14.5 Å². The second kappa shape index (κ2) is 10.3. The van der Waals surface area contributed by atoms with E-state index in [0.717, 1.165) is 5.56 Å². The fraction of sp³-hybridized carbons (Fsp3) is 0.167. The first-order valence-electron chi connectivity index (χ1n) is 12.2. The van der Waals surface area contributed by atoms with E-state index < -0.39 is 17.7 Å². The van der Waals surface area contributed by atoms with E-state index in [1.165, 1.54) is 4.90 Å². The van der Waals surface area contributed by atoms with Gasteiger partial charge in [0.1, 0.15) is 11.5 Å². The van der Waals surface area contributed by atoms with Crippen molar-refractivity contribution in [2.24, 2.45) is 0 Å². The number of anilines is 1. The Labute approximate surface area is 220 Å². The molecule has 1 amide bonds. The molecule has 1 fully saturated rings. The Bertz CT molecular complexity index is 1500. The van der Waals surface area contributed by atoms with Gasteiger partial charge in [0.15, 0.2) is 5.82 Å². The van der Waals surface area contributed by atoms with Crippen LogP contribution in [0, 0.1) is 6.92 Å². The fourth-order valence-corrected chi connectivity index (χ4v) is 4.33. The maximum atomic E-state index is 13.3. The number of Topliss-reactive ketones (excluding diaryl/α,β-unsaturated/α-hetero) is 1. The van der Waals surface area contributed by atoms with Crippen LogP contribution < -0.4 is 9.64 Å². The Kier molecular flexibility index (Phi) is 6.70. The van der Waals surface area contributed by atoms with Gasteiger partial charge in [-0.2, -0.15) is 5.10 Å². The molecule has 0 spiro atoms. The van der Waals surface area contributed by atoms with E-state index in [2.05, 4.69) is 29.0 Å². The molecule has 0 radical (unpaired) electrons. The zero-order chi connectivity index (χ0) is 26.8. The second-order valence-corrected chi connectivity index (χ2v) is 9.32. The lowest BCUT2D eigenvalue weighted by molar-refractivity contribution is -0.132. The summed E-state index contributed by atoms with van der Waals surface area (Å²) in [6.45, 7) is 5.93. The lowest BCUT2D eigenvalue weighted by atomic mass is 9.94. The van der Waals surface area contributed by atoms with Crippen molar-refractivity contribution in [1.29, 1.82) is 0 Å². The highest BCUT2D eigenvalue weighted by Gasteiger charge is 2.47. The molecule has 190 valence electrons. The minimum absolute atomic E-state index is 0.0203. The van der Waals surface area contributed by atoms with Crippen LogP contribution in [0.4, 0.5) is 5.82 Å². The molecule has 1 unspecified atom stereocenters. The Hall–Kier alpha value is -4.85. The number of nitrogens with zero attached hydrogens (tertiary/aromatic N) is 4. The normalized spacial score (nSPS) is 16.7. The van der Waals surface area contributed by atoms with Crippen LogP contribution in [0.1, 0.15) is 48.2 Å². The average molecular weight is 507 g/mol. The first kappa shape index (κ1) is 24.8. The quantitative estimate of drug-likeness (QED) is 0.202. The zero-order valence-electron chi connectivity index (χ0n) is 21.2. The van der Waals surface area contributed by atoms with Crippen molar-refractivity contribution in [3.8, 4) is 11.6 Å². The number of aryl methyl sites for hydroxylation is 1. The highest BCUT2D eigenvalue weighted by molar-refractivity contribution is 6.51. The van der Waals surface area contributed by atoms with Crippen LogP contribution in [0.5, 0.6) is 11.6 Å². The lowest BCUT2D eigenvalue weighted by Gasteiger charge is -2.24. The summed E-state index contributed by atoms with van der Waals surface area (Å²) in [6.07, 6.45) is 1.63. The number of benzene rings is 2. The number of aliphatic hydroxyl groups is 1. The molecule has 4 aromatic rings. The van der Waals surface area contributed by atoms with Crippen LogP contribution in [0.25, 0.3) is 5.76 Å². The van der Waals surface area contributed by atoms with Crippen LogP contribution in [-0.2, 0) is 9.59 Å². The minimum atomic E-state index is -0.916. The van der Waals surface area contributed by atoms with E-state index in [1.807, 2.05) is 18.2 Å². The number of rotatable bonds is 6. The Morgan fingerprint density at radius 3 is 2.26 bits per heavy atom. The smallest absolute Gasteiger partial charge is 0.301 e. The van der Waals surface area contributed by atoms with Crippen molar-refractivity contribution < 1.29 is 19.4 Å². The van der Waals surface area contributed by atoms with Crippen LogP contribution in [0.2, 0.25) is 0 Å². The lowest BCUT2D eigenvalue weighted by Crippen LogP contribution is -2.30. The standard InChI is InChI=1S/C30H26N4O4/c1-18(2)20-8-10-22(11-9-20)28(35)26-27(34(30(37)29(26)36)24-16-7-19(3)32-33-24)21-12-14-23(15-13-21)38-25-6-4-5-17-31-25/h4-18,27,35H,1-3H3. The van der Waals surface area contributed by atoms with Gasteiger partial charge >= 0.3 is 5.91 Å². The topological polar surface area (TPSA) is 106 Å². The number of aliphatic hydroxyl groups excluding tert-OH is 1.